The fourth-order valence-electron chi connectivity index (χ4n) is 1.53. The molecule has 5 nitrogen and oxygen atoms in total. The van der Waals surface area contributed by atoms with E-state index in [-0.39, 0.29) is 29.9 Å². The summed E-state index contributed by atoms with van der Waals surface area (Å²) in [4.78, 5) is 11.6. The van der Waals surface area contributed by atoms with Gasteiger partial charge in [-0.05, 0) is 24.1 Å². The van der Waals surface area contributed by atoms with Crippen molar-refractivity contribution in [3.05, 3.63) is 41.5 Å². The van der Waals surface area contributed by atoms with Crippen LogP contribution in [0.3, 0.4) is 0 Å². The van der Waals surface area contributed by atoms with E-state index in [0.29, 0.717) is 12.8 Å². The van der Waals surface area contributed by atoms with Gasteiger partial charge < -0.3 is 10.2 Å². The van der Waals surface area contributed by atoms with Gasteiger partial charge in [0.1, 0.15) is 11.6 Å². The highest BCUT2D eigenvalue weighted by atomic mass is 19.1. The van der Waals surface area contributed by atoms with Crippen molar-refractivity contribution >= 4 is 11.8 Å². The Labute approximate surface area is 103 Å². The Kier molecular flexibility index (Phi) is 3.66. The summed E-state index contributed by atoms with van der Waals surface area (Å²) < 4.78 is 17.6. The fourth-order valence-corrected chi connectivity index (χ4v) is 1.53. The third-order valence-electron chi connectivity index (χ3n) is 2.44. The number of nitrogens with two attached hydrogens (primary N) is 1. The first-order valence-electron chi connectivity index (χ1n) is 5.47. The van der Waals surface area contributed by atoms with Gasteiger partial charge >= 0.3 is 6.01 Å². The van der Waals surface area contributed by atoms with Gasteiger partial charge in [0.05, 0.1) is 6.42 Å². The minimum atomic E-state index is -0.286. The van der Waals surface area contributed by atoms with E-state index in [1.165, 1.54) is 12.1 Å². The maximum atomic E-state index is 12.7. The predicted molar refractivity (Wildman–Crippen MR) is 62.1 cm³/mol. The maximum absolute atomic E-state index is 12.7. The number of Topliss-reactive ketones (excluding diaryl/α,β-unsaturated/α-hetero) is 1. The Hall–Kier alpha value is -2.24. The number of nitrogens with zero attached hydrogens (tertiary/aromatic N) is 2. The predicted octanol–water partition coefficient (Wildman–Crippen LogP) is 1.54. The number of carbonyl (C=O) groups is 1. The van der Waals surface area contributed by atoms with Gasteiger partial charge in [0.15, 0.2) is 0 Å². The summed E-state index contributed by atoms with van der Waals surface area (Å²) in [6.07, 6.45) is 0.974. The van der Waals surface area contributed by atoms with Crippen molar-refractivity contribution in [2.24, 2.45) is 0 Å². The van der Waals surface area contributed by atoms with Crippen molar-refractivity contribution in [1.82, 2.24) is 10.2 Å². The van der Waals surface area contributed by atoms with E-state index < -0.39 is 0 Å². The molecular weight excluding hydrogens is 237 g/mol. The molecule has 0 radical (unpaired) electrons. The zero-order valence-corrected chi connectivity index (χ0v) is 9.60. The van der Waals surface area contributed by atoms with Crippen molar-refractivity contribution in [3.63, 3.8) is 0 Å². The largest absolute Gasteiger partial charge is 0.408 e. The molecule has 0 saturated carbocycles. The number of benzene rings is 1. The van der Waals surface area contributed by atoms with E-state index in [1.807, 2.05) is 0 Å². The van der Waals surface area contributed by atoms with Gasteiger partial charge in [-0.2, -0.15) is 0 Å². The third-order valence-corrected chi connectivity index (χ3v) is 2.44. The molecule has 0 unspecified atom stereocenters. The molecule has 0 saturated heterocycles. The average molecular weight is 249 g/mol. The minimum Gasteiger partial charge on any atom is -0.408 e. The highest BCUT2D eigenvalue weighted by Gasteiger charge is 2.09. The lowest BCUT2D eigenvalue weighted by molar-refractivity contribution is -0.118. The first-order valence-corrected chi connectivity index (χ1v) is 5.47. The van der Waals surface area contributed by atoms with Crippen molar-refractivity contribution < 1.29 is 13.6 Å². The second-order valence-corrected chi connectivity index (χ2v) is 3.88. The lowest BCUT2D eigenvalue weighted by atomic mass is 10.1. The number of halogens is 1. The van der Waals surface area contributed by atoms with Crippen LogP contribution in [0.2, 0.25) is 0 Å². The molecule has 0 aliphatic carbocycles. The molecule has 1 aromatic heterocycles. The number of ketones is 1. The van der Waals surface area contributed by atoms with Gasteiger partial charge in [-0.1, -0.05) is 17.2 Å². The second-order valence-electron chi connectivity index (χ2n) is 3.88. The summed E-state index contributed by atoms with van der Waals surface area (Å²) >= 11 is 0. The lowest BCUT2D eigenvalue weighted by Gasteiger charge is -1.99. The number of hydrogen-bond acceptors (Lipinski definition) is 5. The molecule has 6 heteroatoms. The number of nitrogen functional groups attached to an aromatic ring is 1. The standard InChI is InChI=1S/C12H12FN3O2/c13-9-4-1-8(2-5-9)3-6-10(17)7-11-15-16-12(14)18-11/h1-2,4-5H,3,6-7H2,(H2,14,16). The second kappa shape index (κ2) is 5.39. The third kappa shape index (κ3) is 3.38. The van der Waals surface area contributed by atoms with Crippen LogP contribution in [0.25, 0.3) is 0 Å². The SMILES string of the molecule is Nc1nnc(CC(=O)CCc2ccc(F)cc2)o1. The van der Waals surface area contributed by atoms with Gasteiger partial charge in [0.25, 0.3) is 0 Å². The highest BCUT2D eigenvalue weighted by molar-refractivity contribution is 5.80. The number of anilines is 1. The molecule has 1 heterocycles. The van der Waals surface area contributed by atoms with Crippen LogP contribution in [-0.4, -0.2) is 16.0 Å². The highest BCUT2D eigenvalue weighted by Crippen LogP contribution is 2.08. The van der Waals surface area contributed by atoms with E-state index in [9.17, 15) is 9.18 Å². The molecule has 0 fully saturated rings. The molecule has 0 spiro atoms. The van der Waals surface area contributed by atoms with Crippen LogP contribution in [0, 0.1) is 5.82 Å². The molecule has 2 rings (SSSR count). The molecule has 18 heavy (non-hydrogen) atoms. The van der Waals surface area contributed by atoms with Crippen LogP contribution in [0.4, 0.5) is 10.4 Å². The maximum Gasteiger partial charge on any atom is 0.312 e. The summed E-state index contributed by atoms with van der Waals surface area (Å²) in [5.41, 5.74) is 6.16. The van der Waals surface area contributed by atoms with Crippen LogP contribution in [0.15, 0.2) is 28.7 Å². The molecule has 0 aliphatic rings. The Bertz CT molecular complexity index is 537. The van der Waals surface area contributed by atoms with Crippen molar-refractivity contribution in [3.8, 4) is 0 Å². The van der Waals surface area contributed by atoms with E-state index >= 15 is 0 Å². The zero-order valence-electron chi connectivity index (χ0n) is 9.60. The zero-order chi connectivity index (χ0) is 13.0. The Morgan fingerprint density at radius 1 is 1.28 bits per heavy atom. The summed E-state index contributed by atoms with van der Waals surface area (Å²) in [5.74, 6) is -0.0917. The first-order chi connectivity index (χ1) is 8.63. The van der Waals surface area contributed by atoms with E-state index in [0.717, 1.165) is 5.56 Å². The molecule has 1 aromatic carbocycles. The van der Waals surface area contributed by atoms with Crippen LogP contribution in [-0.2, 0) is 17.6 Å². The number of carbonyl (C=O) groups excluding carboxylic acids is 1. The van der Waals surface area contributed by atoms with Crippen LogP contribution in [0.5, 0.6) is 0 Å². The molecule has 0 amide bonds. The van der Waals surface area contributed by atoms with Gasteiger partial charge in [-0.3, -0.25) is 4.79 Å². The normalized spacial score (nSPS) is 10.5. The fraction of sp³-hybridized carbons (Fsp3) is 0.250. The Morgan fingerprint density at radius 3 is 2.61 bits per heavy atom. The molecule has 94 valence electrons. The molecular formula is C12H12FN3O2. The van der Waals surface area contributed by atoms with Crippen LogP contribution >= 0.6 is 0 Å². The summed E-state index contributed by atoms with van der Waals surface area (Å²) in [5, 5.41) is 7.08. The molecule has 2 aromatic rings. The van der Waals surface area contributed by atoms with Crippen LogP contribution in [0.1, 0.15) is 17.9 Å². The Morgan fingerprint density at radius 2 is 2.00 bits per heavy atom. The van der Waals surface area contributed by atoms with E-state index in [2.05, 4.69) is 10.2 Å². The summed E-state index contributed by atoms with van der Waals surface area (Å²) in [6.45, 7) is 0. The van der Waals surface area contributed by atoms with Crippen LogP contribution < -0.4 is 5.73 Å². The lowest BCUT2D eigenvalue weighted by Crippen LogP contribution is -2.04. The van der Waals surface area contributed by atoms with E-state index in [4.69, 9.17) is 10.2 Å². The van der Waals surface area contributed by atoms with Gasteiger partial charge in [-0.25, -0.2) is 4.39 Å². The quantitative estimate of drug-likeness (QED) is 0.869. The molecule has 0 atom stereocenters. The smallest absolute Gasteiger partial charge is 0.312 e. The summed E-state index contributed by atoms with van der Waals surface area (Å²) in [7, 11) is 0. The van der Waals surface area contributed by atoms with Crippen molar-refractivity contribution in [2.45, 2.75) is 19.3 Å². The monoisotopic (exact) mass is 249 g/mol. The van der Waals surface area contributed by atoms with Crippen molar-refractivity contribution in [2.75, 3.05) is 5.73 Å². The average Bonchev–Trinajstić information content (AvgIpc) is 2.74. The number of rotatable bonds is 5. The first kappa shape index (κ1) is 12.2. The number of hydrogen-bond donors (Lipinski definition) is 1. The van der Waals surface area contributed by atoms with E-state index in [1.54, 1.807) is 12.1 Å². The van der Waals surface area contributed by atoms with Crippen molar-refractivity contribution in [1.29, 1.82) is 0 Å². The number of aryl methyl sites for hydroxylation is 1. The number of aromatic nitrogens is 2. The molecule has 0 bridgehead atoms. The summed E-state index contributed by atoms with van der Waals surface area (Å²) in [6, 6.07) is 6.02. The van der Waals surface area contributed by atoms with Gasteiger partial charge in [0, 0.05) is 6.42 Å². The molecule has 2 N–H and O–H groups in total. The molecule has 0 aliphatic heterocycles. The minimum absolute atomic E-state index is 0.0250. The van der Waals surface area contributed by atoms with Gasteiger partial charge in [-0.15, -0.1) is 5.10 Å². The Balaban J connectivity index is 1.83. The topological polar surface area (TPSA) is 82.0 Å². The van der Waals surface area contributed by atoms with Gasteiger partial charge in [0.2, 0.25) is 5.89 Å².